The molecule has 140 valence electrons. The van der Waals surface area contributed by atoms with E-state index < -0.39 is 10.0 Å². The molecule has 0 spiro atoms. The van der Waals surface area contributed by atoms with E-state index >= 15 is 0 Å². The molecule has 7 heteroatoms. The number of sulfonamides is 1. The fourth-order valence-electron chi connectivity index (χ4n) is 3.02. The van der Waals surface area contributed by atoms with E-state index in [-0.39, 0.29) is 23.6 Å². The monoisotopic (exact) mass is 367 g/mol. The summed E-state index contributed by atoms with van der Waals surface area (Å²) in [6, 6.07) is 9.42. The van der Waals surface area contributed by atoms with Crippen molar-refractivity contribution in [3.8, 4) is 0 Å². The van der Waals surface area contributed by atoms with E-state index in [4.69, 9.17) is 5.73 Å². The third-order valence-electron chi connectivity index (χ3n) is 4.70. The summed E-state index contributed by atoms with van der Waals surface area (Å²) in [7, 11) is -3.17. The predicted octanol–water partition coefficient (Wildman–Crippen LogP) is 1.64. The largest absolute Gasteiger partial charge is 0.354 e. The molecule has 1 aromatic carbocycles. The molecule has 0 aliphatic carbocycles. The van der Waals surface area contributed by atoms with Gasteiger partial charge in [-0.2, -0.15) is 0 Å². The average Bonchev–Trinajstić information content (AvgIpc) is 2.65. The molecule has 1 saturated heterocycles. The van der Waals surface area contributed by atoms with E-state index in [1.54, 1.807) is 0 Å². The van der Waals surface area contributed by atoms with E-state index in [1.807, 2.05) is 37.3 Å². The van der Waals surface area contributed by atoms with E-state index in [2.05, 4.69) is 5.32 Å². The number of carbonyl (C=O) groups excluding carboxylic acids is 1. The lowest BCUT2D eigenvalue weighted by atomic mass is 9.97. The zero-order valence-electron chi connectivity index (χ0n) is 14.9. The normalized spacial score (nSPS) is 18.0. The van der Waals surface area contributed by atoms with Gasteiger partial charge in [-0.3, -0.25) is 4.79 Å². The molecule has 1 atom stereocenters. The van der Waals surface area contributed by atoms with Gasteiger partial charge in [0.1, 0.15) is 0 Å². The summed E-state index contributed by atoms with van der Waals surface area (Å²) in [5, 5.41) is 2.91. The molecule has 0 aromatic heterocycles. The van der Waals surface area contributed by atoms with E-state index in [1.165, 1.54) is 4.31 Å². The van der Waals surface area contributed by atoms with E-state index in [9.17, 15) is 13.2 Å². The molecule has 0 bridgehead atoms. The Balaban J connectivity index is 1.77. The molecule has 6 nitrogen and oxygen atoms in total. The van der Waals surface area contributed by atoms with Gasteiger partial charge in [0, 0.05) is 31.6 Å². The minimum atomic E-state index is -3.17. The van der Waals surface area contributed by atoms with Gasteiger partial charge in [0.25, 0.3) is 0 Å². The number of nitrogens with one attached hydrogen (secondary N) is 1. The number of benzene rings is 1. The third kappa shape index (κ3) is 5.80. The Labute approximate surface area is 150 Å². The molecule has 1 amide bonds. The molecule has 1 heterocycles. The molecule has 1 aliphatic rings. The molecule has 1 aromatic rings. The summed E-state index contributed by atoms with van der Waals surface area (Å²) < 4.78 is 25.9. The highest BCUT2D eigenvalue weighted by Gasteiger charge is 2.30. The van der Waals surface area contributed by atoms with Crippen molar-refractivity contribution in [3.05, 3.63) is 35.9 Å². The predicted molar refractivity (Wildman–Crippen MR) is 99.4 cm³/mol. The van der Waals surface area contributed by atoms with Crippen LogP contribution in [0.25, 0.3) is 0 Å². The highest BCUT2D eigenvalue weighted by Crippen LogP contribution is 2.21. The lowest BCUT2D eigenvalue weighted by Gasteiger charge is -2.30. The molecule has 25 heavy (non-hydrogen) atoms. The molecular weight excluding hydrogens is 338 g/mol. The van der Waals surface area contributed by atoms with Crippen LogP contribution in [0.15, 0.2) is 30.3 Å². The topological polar surface area (TPSA) is 92.5 Å². The fourth-order valence-corrected chi connectivity index (χ4v) is 4.70. The van der Waals surface area contributed by atoms with Gasteiger partial charge in [0.05, 0.1) is 5.75 Å². The third-order valence-corrected chi connectivity index (χ3v) is 6.65. The first kappa shape index (κ1) is 19.9. The average molecular weight is 368 g/mol. The van der Waals surface area contributed by atoms with E-state index in [0.717, 1.165) is 12.0 Å². The van der Waals surface area contributed by atoms with Crippen LogP contribution in [-0.4, -0.2) is 44.0 Å². The maximum Gasteiger partial charge on any atom is 0.223 e. The maximum absolute atomic E-state index is 12.3. The smallest absolute Gasteiger partial charge is 0.223 e. The fraction of sp³-hybridized carbons (Fsp3) is 0.611. The van der Waals surface area contributed by atoms with Crippen molar-refractivity contribution in [2.24, 2.45) is 11.7 Å². The SMILES string of the molecule is CCCCS(=O)(=O)N1CCC(C(=O)NCC(N)c2ccccc2)CC1. The van der Waals surface area contributed by atoms with E-state index in [0.29, 0.717) is 38.9 Å². The Morgan fingerprint density at radius 3 is 2.52 bits per heavy atom. The summed E-state index contributed by atoms with van der Waals surface area (Å²) in [6.07, 6.45) is 2.68. The first-order valence-electron chi connectivity index (χ1n) is 9.00. The second-order valence-corrected chi connectivity index (χ2v) is 8.69. The minimum absolute atomic E-state index is 0.0306. The molecule has 3 N–H and O–H groups in total. The Morgan fingerprint density at radius 2 is 1.92 bits per heavy atom. The summed E-state index contributed by atoms with van der Waals surface area (Å²) in [6.45, 7) is 3.22. The summed E-state index contributed by atoms with van der Waals surface area (Å²) in [4.78, 5) is 12.3. The number of nitrogens with two attached hydrogens (primary N) is 1. The van der Waals surface area contributed by atoms with Crippen LogP contribution in [0.2, 0.25) is 0 Å². The molecule has 0 saturated carbocycles. The van der Waals surface area contributed by atoms with Gasteiger partial charge in [0.2, 0.25) is 15.9 Å². The van der Waals surface area contributed by atoms with Crippen molar-refractivity contribution >= 4 is 15.9 Å². The molecular formula is C18H29N3O3S. The van der Waals surface area contributed by atoms with Crippen molar-refractivity contribution in [1.82, 2.24) is 9.62 Å². The van der Waals surface area contributed by atoms with Crippen LogP contribution >= 0.6 is 0 Å². The van der Waals surface area contributed by atoms with Crippen LogP contribution in [0, 0.1) is 5.92 Å². The first-order chi connectivity index (χ1) is 11.9. The quantitative estimate of drug-likeness (QED) is 0.731. The molecule has 2 rings (SSSR count). The molecule has 1 unspecified atom stereocenters. The summed E-state index contributed by atoms with van der Waals surface area (Å²) in [5.74, 6) is 0.0318. The van der Waals surface area contributed by atoms with Crippen molar-refractivity contribution in [1.29, 1.82) is 0 Å². The van der Waals surface area contributed by atoms with Crippen molar-refractivity contribution in [2.45, 2.75) is 38.6 Å². The van der Waals surface area contributed by atoms with Crippen LogP contribution in [0.1, 0.15) is 44.2 Å². The van der Waals surface area contributed by atoms with Crippen LogP contribution < -0.4 is 11.1 Å². The second kappa shape index (κ2) is 9.31. The first-order valence-corrected chi connectivity index (χ1v) is 10.6. The lowest BCUT2D eigenvalue weighted by molar-refractivity contribution is -0.126. The Morgan fingerprint density at radius 1 is 1.28 bits per heavy atom. The standard InChI is InChI=1S/C18H29N3O3S/c1-2-3-13-25(23,24)21-11-9-16(10-12-21)18(22)20-14-17(19)15-7-5-4-6-8-15/h4-8,16-17H,2-3,9-14,19H2,1H3,(H,20,22). The summed E-state index contributed by atoms with van der Waals surface area (Å²) in [5.41, 5.74) is 7.08. The van der Waals surface area contributed by atoms with Crippen LogP contribution in [0.3, 0.4) is 0 Å². The Bertz CT molecular complexity index is 641. The number of rotatable bonds is 8. The number of amides is 1. The van der Waals surface area contributed by atoms with Crippen LogP contribution in [0.5, 0.6) is 0 Å². The highest BCUT2D eigenvalue weighted by molar-refractivity contribution is 7.89. The molecule has 1 fully saturated rings. The van der Waals surface area contributed by atoms with Gasteiger partial charge in [-0.05, 0) is 24.8 Å². The highest BCUT2D eigenvalue weighted by atomic mass is 32.2. The zero-order valence-corrected chi connectivity index (χ0v) is 15.7. The lowest BCUT2D eigenvalue weighted by Crippen LogP contribution is -2.44. The van der Waals surface area contributed by atoms with Crippen LogP contribution in [-0.2, 0) is 14.8 Å². The molecule has 0 radical (unpaired) electrons. The number of piperidine rings is 1. The van der Waals surface area contributed by atoms with Gasteiger partial charge < -0.3 is 11.1 Å². The number of hydrogen-bond acceptors (Lipinski definition) is 4. The van der Waals surface area contributed by atoms with Crippen molar-refractivity contribution < 1.29 is 13.2 Å². The maximum atomic E-state index is 12.3. The van der Waals surface area contributed by atoms with Crippen molar-refractivity contribution in [3.63, 3.8) is 0 Å². The number of nitrogens with zero attached hydrogens (tertiary/aromatic N) is 1. The molecule has 1 aliphatic heterocycles. The summed E-state index contributed by atoms with van der Waals surface area (Å²) >= 11 is 0. The van der Waals surface area contributed by atoms with Gasteiger partial charge >= 0.3 is 0 Å². The number of hydrogen-bond donors (Lipinski definition) is 2. The number of unbranched alkanes of at least 4 members (excludes halogenated alkanes) is 1. The second-order valence-electron chi connectivity index (χ2n) is 6.61. The zero-order chi connectivity index (χ0) is 18.3. The Kier molecular flexibility index (Phi) is 7.40. The van der Waals surface area contributed by atoms with Crippen molar-refractivity contribution in [2.75, 3.05) is 25.4 Å². The van der Waals surface area contributed by atoms with Crippen LogP contribution in [0.4, 0.5) is 0 Å². The van der Waals surface area contributed by atoms with Gasteiger partial charge in [0.15, 0.2) is 0 Å². The Hall–Kier alpha value is -1.44. The van der Waals surface area contributed by atoms with Gasteiger partial charge in [-0.15, -0.1) is 0 Å². The van der Waals surface area contributed by atoms with Gasteiger partial charge in [-0.25, -0.2) is 12.7 Å². The number of carbonyl (C=O) groups is 1. The minimum Gasteiger partial charge on any atom is -0.354 e. The van der Waals surface area contributed by atoms with Gasteiger partial charge in [-0.1, -0.05) is 43.7 Å².